The molecule has 0 aliphatic heterocycles. The van der Waals surface area contributed by atoms with Crippen LogP contribution in [0.1, 0.15) is 23.0 Å². The molecule has 0 aliphatic carbocycles. The van der Waals surface area contributed by atoms with Crippen LogP contribution in [-0.4, -0.2) is 27.3 Å². The van der Waals surface area contributed by atoms with E-state index >= 15 is 0 Å². The zero-order chi connectivity index (χ0) is 22.0. The molecule has 1 N–H and O–H groups in total. The van der Waals surface area contributed by atoms with Gasteiger partial charge in [0.25, 0.3) is 11.5 Å². The van der Waals surface area contributed by atoms with Gasteiger partial charge in [0.15, 0.2) is 6.10 Å². The third-order valence-corrected chi connectivity index (χ3v) is 4.99. The van der Waals surface area contributed by atoms with E-state index in [4.69, 9.17) is 27.9 Å². The Kier molecular flexibility index (Phi) is 6.34. The molecule has 2 aromatic carbocycles. The number of ether oxygens (including phenoxy) is 1. The smallest absolute Gasteiger partial charge is 0.339 e. The van der Waals surface area contributed by atoms with Crippen molar-refractivity contribution in [1.82, 2.24) is 9.36 Å². The Morgan fingerprint density at radius 2 is 1.67 bits per heavy atom. The second-order valence-corrected chi connectivity index (χ2v) is 7.50. The number of hydrogen-bond acceptors (Lipinski definition) is 4. The number of nitrogens with one attached hydrogen (secondary N) is 1. The van der Waals surface area contributed by atoms with Gasteiger partial charge in [-0.1, -0.05) is 41.4 Å². The lowest BCUT2D eigenvalue weighted by Crippen LogP contribution is -2.32. The molecule has 7 nitrogen and oxygen atoms in total. The van der Waals surface area contributed by atoms with Crippen molar-refractivity contribution in [2.45, 2.75) is 20.0 Å². The van der Waals surface area contributed by atoms with Gasteiger partial charge in [0, 0.05) is 17.1 Å². The summed E-state index contributed by atoms with van der Waals surface area (Å²) >= 11 is 11.8. The van der Waals surface area contributed by atoms with E-state index in [9.17, 15) is 14.4 Å². The van der Waals surface area contributed by atoms with Crippen LogP contribution in [0.4, 0.5) is 5.69 Å². The maximum absolute atomic E-state index is 12.9. The van der Waals surface area contributed by atoms with Gasteiger partial charge in [-0.3, -0.25) is 14.3 Å². The molecule has 0 fully saturated rings. The average molecular weight is 448 g/mol. The van der Waals surface area contributed by atoms with Crippen molar-refractivity contribution in [3.63, 3.8) is 0 Å². The van der Waals surface area contributed by atoms with Crippen molar-refractivity contribution in [2.75, 3.05) is 5.32 Å². The predicted molar refractivity (Wildman–Crippen MR) is 116 cm³/mol. The molecule has 3 rings (SSSR count). The topological polar surface area (TPSA) is 82.3 Å². The van der Waals surface area contributed by atoms with Gasteiger partial charge in [0.05, 0.1) is 16.9 Å². The van der Waals surface area contributed by atoms with Gasteiger partial charge in [-0.15, -0.1) is 0 Å². The van der Waals surface area contributed by atoms with Gasteiger partial charge in [0.1, 0.15) is 5.69 Å². The lowest BCUT2D eigenvalue weighted by Gasteiger charge is -2.13. The first-order chi connectivity index (χ1) is 14.2. The highest BCUT2D eigenvalue weighted by Gasteiger charge is 2.24. The summed E-state index contributed by atoms with van der Waals surface area (Å²) in [6.07, 6.45) is -1.15. The van der Waals surface area contributed by atoms with Crippen LogP contribution in [0.15, 0.2) is 53.3 Å². The summed E-state index contributed by atoms with van der Waals surface area (Å²) in [6, 6.07) is 13.3. The van der Waals surface area contributed by atoms with Crippen LogP contribution in [0.2, 0.25) is 10.0 Å². The van der Waals surface area contributed by atoms with E-state index in [1.165, 1.54) is 29.8 Å². The number of halogens is 2. The molecule has 1 unspecified atom stereocenters. The SMILES string of the molecule is Cc1c(NC(=O)C(C)OC(=O)c2cc(Cl)cc(Cl)c2)c(=O)n(-c2ccccc2)n1C. The van der Waals surface area contributed by atoms with Crippen molar-refractivity contribution in [2.24, 2.45) is 7.05 Å². The number of benzene rings is 2. The van der Waals surface area contributed by atoms with E-state index in [0.29, 0.717) is 11.4 Å². The molecule has 0 bridgehead atoms. The van der Waals surface area contributed by atoms with Gasteiger partial charge < -0.3 is 10.1 Å². The van der Waals surface area contributed by atoms with Gasteiger partial charge >= 0.3 is 5.97 Å². The van der Waals surface area contributed by atoms with Crippen molar-refractivity contribution in [3.05, 3.63) is 80.2 Å². The van der Waals surface area contributed by atoms with Gasteiger partial charge in [-0.2, -0.15) is 0 Å². The summed E-state index contributed by atoms with van der Waals surface area (Å²) in [5, 5.41) is 3.11. The molecule has 3 aromatic rings. The Labute approximate surface area is 182 Å². The van der Waals surface area contributed by atoms with Crippen molar-refractivity contribution >= 4 is 40.8 Å². The van der Waals surface area contributed by atoms with Crippen LogP contribution in [0, 0.1) is 6.92 Å². The minimum Gasteiger partial charge on any atom is -0.449 e. The summed E-state index contributed by atoms with van der Waals surface area (Å²) < 4.78 is 8.27. The first kappa shape index (κ1) is 21.7. The quantitative estimate of drug-likeness (QED) is 0.599. The molecule has 0 spiro atoms. The zero-order valence-corrected chi connectivity index (χ0v) is 18.0. The predicted octanol–water partition coefficient (Wildman–Crippen LogP) is 3.98. The molecular weight excluding hydrogens is 429 g/mol. The molecule has 156 valence electrons. The zero-order valence-electron chi connectivity index (χ0n) is 16.5. The molecule has 0 saturated heterocycles. The van der Waals surface area contributed by atoms with Gasteiger partial charge in [-0.05, 0) is 44.2 Å². The van der Waals surface area contributed by atoms with Crippen molar-refractivity contribution < 1.29 is 14.3 Å². The molecule has 0 saturated carbocycles. The number of carbonyl (C=O) groups excluding carboxylic acids is 2. The monoisotopic (exact) mass is 447 g/mol. The van der Waals surface area contributed by atoms with Crippen LogP contribution in [0.5, 0.6) is 0 Å². The van der Waals surface area contributed by atoms with E-state index in [2.05, 4.69) is 5.32 Å². The summed E-state index contributed by atoms with van der Waals surface area (Å²) in [7, 11) is 1.71. The normalized spacial score (nSPS) is 11.8. The third-order valence-electron chi connectivity index (χ3n) is 4.55. The summed E-state index contributed by atoms with van der Waals surface area (Å²) in [5.41, 5.74) is 1.05. The van der Waals surface area contributed by atoms with E-state index < -0.39 is 23.5 Å². The third kappa shape index (κ3) is 4.42. The molecule has 9 heteroatoms. The highest BCUT2D eigenvalue weighted by atomic mass is 35.5. The summed E-state index contributed by atoms with van der Waals surface area (Å²) in [4.78, 5) is 37.8. The number of rotatable bonds is 5. The molecule has 1 amide bonds. The number of hydrogen-bond donors (Lipinski definition) is 1. The number of anilines is 1. The molecule has 1 aromatic heterocycles. The number of aromatic nitrogens is 2. The number of para-hydroxylation sites is 1. The highest BCUT2D eigenvalue weighted by molar-refractivity contribution is 6.35. The Bertz CT molecular complexity index is 1150. The van der Waals surface area contributed by atoms with Crippen molar-refractivity contribution in [1.29, 1.82) is 0 Å². The average Bonchev–Trinajstić information content (AvgIpc) is 2.91. The van der Waals surface area contributed by atoms with Crippen LogP contribution in [-0.2, 0) is 16.6 Å². The standard InChI is InChI=1S/C21H19Cl2N3O4/c1-12-18(20(28)26(25(12)3)17-7-5-4-6-8-17)24-19(27)13(2)30-21(29)14-9-15(22)11-16(23)10-14/h4-11,13H,1-3H3,(H,24,27). The lowest BCUT2D eigenvalue weighted by atomic mass is 10.2. The number of esters is 1. The molecule has 1 atom stereocenters. The Morgan fingerprint density at radius 3 is 2.27 bits per heavy atom. The van der Waals surface area contributed by atoms with E-state index in [1.807, 2.05) is 18.2 Å². The largest absolute Gasteiger partial charge is 0.449 e. The Hall–Kier alpha value is -3.03. The molecule has 30 heavy (non-hydrogen) atoms. The number of amides is 1. The molecular formula is C21H19Cl2N3O4. The highest BCUT2D eigenvalue weighted by Crippen LogP contribution is 2.20. The lowest BCUT2D eigenvalue weighted by molar-refractivity contribution is -0.123. The van der Waals surface area contributed by atoms with Crippen LogP contribution >= 0.6 is 23.2 Å². The van der Waals surface area contributed by atoms with Crippen LogP contribution < -0.4 is 10.9 Å². The first-order valence-electron chi connectivity index (χ1n) is 9.01. The molecule has 0 aliphatic rings. The Morgan fingerprint density at radius 1 is 1.07 bits per heavy atom. The number of nitrogens with zero attached hydrogens (tertiary/aromatic N) is 2. The Balaban J connectivity index is 1.79. The second-order valence-electron chi connectivity index (χ2n) is 6.63. The van der Waals surface area contributed by atoms with E-state index in [1.54, 1.807) is 30.8 Å². The summed E-state index contributed by atoms with van der Waals surface area (Å²) in [6.45, 7) is 3.12. The van der Waals surface area contributed by atoms with Crippen molar-refractivity contribution in [3.8, 4) is 5.69 Å². The fourth-order valence-corrected chi connectivity index (χ4v) is 3.42. The van der Waals surface area contributed by atoms with E-state index in [-0.39, 0.29) is 21.3 Å². The minimum absolute atomic E-state index is 0.111. The van der Waals surface area contributed by atoms with E-state index in [0.717, 1.165) is 0 Å². The van der Waals surface area contributed by atoms with Gasteiger partial charge in [-0.25, -0.2) is 9.48 Å². The number of carbonyl (C=O) groups is 2. The van der Waals surface area contributed by atoms with Crippen LogP contribution in [0.3, 0.4) is 0 Å². The molecule has 0 radical (unpaired) electrons. The maximum Gasteiger partial charge on any atom is 0.339 e. The molecule has 1 heterocycles. The van der Waals surface area contributed by atoms with Gasteiger partial charge in [0.2, 0.25) is 0 Å². The fraction of sp³-hybridized carbons (Fsp3) is 0.190. The minimum atomic E-state index is -1.15. The maximum atomic E-state index is 12.9. The fourth-order valence-electron chi connectivity index (χ4n) is 2.89. The summed E-state index contributed by atoms with van der Waals surface area (Å²) in [5.74, 6) is -1.39. The van der Waals surface area contributed by atoms with Crippen LogP contribution in [0.25, 0.3) is 5.69 Å². The first-order valence-corrected chi connectivity index (χ1v) is 9.76. The second kappa shape index (κ2) is 8.77.